The first-order chi connectivity index (χ1) is 9.10. The molecule has 19 heavy (non-hydrogen) atoms. The zero-order valence-corrected chi connectivity index (χ0v) is 11.8. The Kier molecular flexibility index (Phi) is 4.10. The van der Waals surface area contributed by atoms with Gasteiger partial charge in [-0.15, -0.1) is 0 Å². The molecular formula is C17H21NO. The van der Waals surface area contributed by atoms with E-state index in [9.17, 15) is 0 Å². The Balaban J connectivity index is 2.27. The molecule has 0 bridgehead atoms. The van der Waals surface area contributed by atoms with Crippen LogP contribution in [0.15, 0.2) is 42.5 Å². The van der Waals surface area contributed by atoms with Crippen molar-refractivity contribution in [3.05, 3.63) is 48.0 Å². The van der Waals surface area contributed by atoms with Gasteiger partial charge in [-0.25, -0.2) is 0 Å². The van der Waals surface area contributed by atoms with E-state index >= 15 is 0 Å². The summed E-state index contributed by atoms with van der Waals surface area (Å²) in [5, 5.41) is 0. The molecule has 0 aliphatic heterocycles. The van der Waals surface area contributed by atoms with Crippen molar-refractivity contribution >= 4 is 5.69 Å². The van der Waals surface area contributed by atoms with Gasteiger partial charge in [-0.05, 0) is 61.2 Å². The molecule has 0 heterocycles. The summed E-state index contributed by atoms with van der Waals surface area (Å²) < 4.78 is 5.65. The van der Waals surface area contributed by atoms with Crippen molar-refractivity contribution < 1.29 is 4.74 Å². The fraction of sp³-hybridized carbons (Fsp3) is 0.294. The van der Waals surface area contributed by atoms with Crippen molar-refractivity contribution in [1.82, 2.24) is 0 Å². The number of anilines is 1. The molecule has 2 aromatic carbocycles. The zero-order valence-electron chi connectivity index (χ0n) is 11.8. The van der Waals surface area contributed by atoms with Gasteiger partial charge in [0.2, 0.25) is 0 Å². The first-order valence-electron chi connectivity index (χ1n) is 6.75. The maximum absolute atomic E-state index is 5.94. The van der Waals surface area contributed by atoms with Crippen LogP contribution in [0.2, 0.25) is 0 Å². The Morgan fingerprint density at radius 3 is 2.21 bits per heavy atom. The van der Waals surface area contributed by atoms with E-state index in [1.165, 1.54) is 16.7 Å². The highest BCUT2D eigenvalue weighted by Crippen LogP contribution is 2.26. The van der Waals surface area contributed by atoms with E-state index in [1.54, 1.807) is 0 Å². The van der Waals surface area contributed by atoms with Gasteiger partial charge in [0, 0.05) is 5.69 Å². The summed E-state index contributed by atoms with van der Waals surface area (Å²) in [7, 11) is 0. The first-order valence-corrected chi connectivity index (χ1v) is 6.75. The van der Waals surface area contributed by atoms with Gasteiger partial charge in [-0.3, -0.25) is 0 Å². The molecule has 0 atom stereocenters. The van der Waals surface area contributed by atoms with Crippen LogP contribution in [0, 0.1) is 0 Å². The van der Waals surface area contributed by atoms with Gasteiger partial charge < -0.3 is 10.5 Å². The number of rotatable bonds is 4. The summed E-state index contributed by atoms with van der Waals surface area (Å²) in [5.74, 6) is 0.907. The smallest absolute Gasteiger partial charge is 0.119 e. The Morgan fingerprint density at radius 2 is 1.63 bits per heavy atom. The van der Waals surface area contributed by atoms with Crippen LogP contribution in [-0.4, -0.2) is 6.10 Å². The van der Waals surface area contributed by atoms with Crippen LogP contribution < -0.4 is 10.5 Å². The van der Waals surface area contributed by atoms with Gasteiger partial charge in [-0.1, -0.05) is 25.1 Å². The molecule has 0 saturated carbocycles. The SMILES string of the molecule is CCc1cc(-c2ccc(OC(C)C)cc2)ccc1N. The molecular weight excluding hydrogens is 234 g/mol. The summed E-state index contributed by atoms with van der Waals surface area (Å²) in [5.41, 5.74) is 10.4. The van der Waals surface area contributed by atoms with Gasteiger partial charge >= 0.3 is 0 Å². The van der Waals surface area contributed by atoms with Crippen LogP contribution in [0.5, 0.6) is 5.75 Å². The molecule has 2 nitrogen and oxygen atoms in total. The number of aryl methyl sites for hydroxylation is 1. The third kappa shape index (κ3) is 3.28. The van der Waals surface area contributed by atoms with E-state index in [-0.39, 0.29) is 6.10 Å². The summed E-state index contributed by atoms with van der Waals surface area (Å²) in [4.78, 5) is 0. The third-order valence-electron chi connectivity index (χ3n) is 3.08. The van der Waals surface area contributed by atoms with Crippen molar-refractivity contribution in [3.63, 3.8) is 0 Å². The molecule has 0 aliphatic rings. The molecule has 2 heteroatoms. The molecule has 0 saturated heterocycles. The van der Waals surface area contributed by atoms with Crippen molar-refractivity contribution in [2.75, 3.05) is 5.73 Å². The molecule has 0 amide bonds. The Morgan fingerprint density at radius 1 is 1.00 bits per heavy atom. The number of nitrogen functional groups attached to an aromatic ring is 1. The predicted molar refractivity (Wildman–Crippen MR) is 81.4 cm³/mol. The fourth-order valence-corrected chi connectivity index (χ4v) is 2.09. The van der Waals surface area contributed by atoms with E-state index < -0.39 is 0 Å². The van der Waals surface area contributed by atoms with Crippen molar-refractivity contribution in [1.29, 1.82) is 0 Å². The molecule has 0 fully saturated rings. The van der Waals surface area contributed by atoms with E-state index in [2.05, 4.69) is 31.2 Å². The second-order valence-corrected chi connectivity index (χ2v) is 4.96. The van der Waals surface area contributed by atoms with Gasteiger partial charge in [0.05, 0.1) is 6.10 Å². The second kappa shape index (κ2) is 5.79. The number of ether oxygens (including phenoxy) is 1. The van der Waals surface area contributed by atoms with E-state index in [1.807, 2.05) is 32.0 Å². The molecule has 0 spiro atoms. The van der Waals surface area contributed by atoms with Gasteiger partial charge in [0.15, 0.2) is 0 Å². The van der Waals surface area contributed by atoms with Gasteiger partial charge in [0.25, 0.3) is 0 Å². The van der Waals surface area contributed by atoms with Gasteiger partial charge in [0.1, 0.15) is 5.75 Å². The largest absolute Gasteiger partial charge is 0.491 e. The molecule has 0 aromatic heterocycles. The average molecular weight is 255 g/mol. The molecule has 2 rings (SSSR count). The number of hydrogen-bond acceptors (Lipinski definition) is 2. The number of benzene rings is 2. The molecule has 0 radical (unpaired) electrons. The summed E-state index contributed by atoms with van der Waals surface area (Å²) >= 11 is 0. The standard InChI is InChI=1S/C17H21NO/c1-4-13-11-15(7-10-17(13)18)14-5-8-16(9-6-14)19-12(2)3/h5-12H,4,18H2,1-3H3. The lowest BCUT2D eigenvalue weighted by Crippen LogP contribution is -2.05. The van der Waals surface area contributed by atoms with Crippen LogP contribution in [0.4, 0.5) is 5.69 Å². The molecule has 100 valence electrons. The van der Waals surface area contributed by atoms with E-state index in [4.69, 9.17) is 10.5 Å². The fourth-order valence-electron chi connectivity index (χ4n) is 2.09. The van der Waals surface area contributed by atoms with Crippen molar-refractivity contribution in [2.45, 2.75) is 33.3 Å². The van der Waals surface area contributed by atoms with E-state index in [0.717, 1.165) is 17.9 Å². The lowest BCUT2D eigenvalue weighted by molar-refractivity contribution is 0.242. The van der Waals surface area contributed by atoms with Crippen LogP contribution >= 0.6 is 0 Å². The first kappa shape index (κ1) is 13.5. The Bertz CT molecular complexity index is 544. The topological polar surface area (TPSA) is 35.2 Å². The highest BCUT2D eigenvalue weighted by Gasteiger charge is 2.03. The van der Waals surface area contributed by atoms with Crippen LogP contribution in [0.3, 0.4) is 0 Å². The Hall–Kier alpha value is -1.96. The summed E-state index contributed by atoms with van der Waals surface area (Å²) in [6.45, 7) is 6.18. The minimum Gasteiger partial charge on any atom is -0.491 e. The minimum atomic E-state index is 0.203. The lowest BCUT2D eigenvalue weighted by Gasteiger charge is -2.11. The minimum absolute atomic E-state index is 0.203. The van der Waals surface area contributed by atoms with Crippen LogP contribution in [0.1, 0.15) is 26.3 Å². The quantitative estimate of drug-likeness (QED) is 0.827. The number of hydrogen-bond donors (Lipinski definition) is 1. The van der Waals surface area contributed by atoms with E-state index in [0.29, 0.717) is 0 Å². The Labute approximate surface area is 115 Å². The van der Waals surface area contributed by atoms with Crippen molar-refractivity contribution in [2.24, 2.45) is 0 Å². The maximum atomic E-state index is 5.94. The lowest BCUT2D eigenvalue weighted by atomic mass is 10.0. The highest BCUT2D eigenvalue weighted by molar-refractivity contribution is 5.68. The number of nitrogens with two attached hydrogens (primary N) is 1. The molecule has 0 unspecified atom stereocenters. The predicted octanol–water partition coefficient (Wildman–Crippen LogP) is 4.29. The highest BCUT2D eigenvalue weighted by atomic mass is 16.5. The summed E-state index contributed by atoms with van der Waals surface area (Å²) in [6, 6.07) is 14.4. The normalized spacial score (nSPS) is 10.7. The monoisotopic (exact) mass is 255 g/mol. The average Bonchev–Trinajstić information content (AvgIpc) is 2.40. The van der Waals surface area contributed by atoms with Crippen LogP contribution in [-0.2, 0) is 6.42 Å². The zero-order chi connectivity index (χ0) is 13.8. The summed E-state index contributed by atoms with van der Waals surface area (Å²) in [6.07, 6.45) is 1.16. The third-order valence-corrected chi connectivity index (χ3v) is 3.08. The van der Waals surface area contributed by atoms with Gasteiger partial charge in [-0.2, -0.15) is 0 Å². The van der Waals surface area contributed by atoms with Crippen molar-refractivity contribution in [3.8, 4) is 16.9 Å². The molecule has 2 N–H and O–H groups in total. The molecule has 0 aliphatic carbocycles. The molecule has 2 aromatic rings. The van der Waals surface area contributed by atoms with Crippen LogP contribution in [0.25, 0.3) is 11.1 Å². The second-order valence-electron chi connectivity index (χ2n) is 4.96. The maximum Gasteiger partial charge on any atom is 0.119 e.